The average Bonchev–Trinajstić information content (AvgIpc) is 3.25. The van der Waals surface area contributed by atoms with Crippen LogP contribution in [-0.4, -0.2) is 29.3 Å². The summed E-state index contributed by atoms with van der Waals surface area (Å²) in [7, 11) is 0. The fourth-order valence-corrected chi connectivity index (χ4v) is 3.47. The number of hydrogen-bond acceptors (Lipinski definition) is 3. The molecule has 0 saturated carbocycles. The summed E-state index contributed by atoms with van der Waals surface area (Å²) in [4.78, 5) is 20.3. The Labute approximate surface area is 181 Å². The summed E-state index contributed by atoms with van der Waals surface area (Å²) in [6.45, 7) is 2.74. The molecule has 0 saturated heterocycles. The topological polar surface area (TPSA) is 53.9 Å². The van der Waals surface area contributed by atoms with E-state index < -0.39 is 5.82 Å². The van der Waals surface area contributed by atoms with Crippen molar-refractivity contribution in [2.24, 2.45) is 5.16 Å². The Balaban J connectivity index is 1.46. The predicted octanol–water partition coefficient (Wildman–Crippen LogP) is 5.36. The summed E-state index contributed by atoms with van der Waals surface area (Å²) in [6.07, 6.45) is 0.327. The zero-order chi connectivity index (χ0) is 21.6. The molecule has 0 aromatic heterocycles. The van der Waals surface area contributed by atoms with Crippen LogP contribution in [0, 0.1) is 12.7 Å². The van der Waals surface area contributed by atoms with E-state index in [4.69, 9.17) is 4.84 Å². The molecule has 1 unspecified atom stereocenters. The van der Waals surface area contributed by atoms with Crippen LogP contribution in [0.5, 0.6) is 0 Å². The lowest BCUT2D eigenvalue weighted by molar-refractivity contribution is 0.0608. The van der Waals surface area contributed by atoms with Gasteiger partial charge in [0.2, 0.25) is 0 Å². The summed E-state index contributed by atoms with van der Waals surface area (Å²) in [5.74, 6) is -0.474. The number of rotatable bonds is 6. The predicted molar refractivity (Wildman–Crippen MR) is 119 cm³/mol. The van der Waals surface area contributed by atoms with Crippen molar-refractivity contribution in [3.05, 3.63) is 101 Å². The second kappa shape index (κ2) is 9.43. The Morgan fingerprint density at radius 2 is 1.77 bits per heavy atom. The first-order chi connectivity index (χ1) is 15.1. The molecule has 3 aromatic rings. The first kappa shape index (κ1) is 20.6. The average molecular weight is 417 g/mol. The smallest absolute Gasteiger partial charge is 0.322 e. The molecule has 0 radical (unpaired) electrons. The van der Waals surface area contributed by atoms with Crippen LogP contribution < -0.4 is 5.32 Å². The number of carbonyl (C=O) groups is 1. The fraction of sp³-hybridized carbons (Fsp3) is 0.200. The maximum atomic E-state index is 14.0. The van der Waals surface area contributed by atoms with E-state index in [1.165, 1.54) is 11.6 Å². The van der Waals surface area contributed by atoms with Crippen molar-refractivity contribution in [2.45, 2.75) is 26.0 Å². The van der Waals surface area contributed by atoms with E-state index in [2.05, 4.69) is 10.5 Å². The van der Waals surface area contributed by atoms with Crippen LogP contribution in [0.15, 0.2) is 84.0 Å². The molecule has 0 fully saturated rings. The van der Waals surface area contributed by atoms with Gasteiger partial charge in [-0.15, -0.1) is 0 Å². The lowest BCUT2D eigenvalue weighted by atomic mass is 10.0. The summed E-state index contributed by atoms with van der Waals surface area (Å²) in [5, 5.41) is 6.91. The normalized spacial score (nSPS) is 15.2. The minimum Gasteiger partial charge on any atom is -0.390 e. The van der Waals surface area contributed by atoms with Crippen molar-refractivity contribution in [1.29, 1.82) is 0 Å². The van der Waals surface area contributed by atoms with Gasteiger partial charge in [-0.05, 0) is 30.2 Å². The Morgan fingerprint density at radius 3 is 2.52 bits per heavy atom. The van der Waals surface area contributed by atoms with Crippen LogP contribution in [-0.2, 0) is 11.4 Å². The standard InChI is InChI=1S/C25H24FN3O2/c1-18-11-13-20(14-12-18)24-15-21(31-28-24)17-29(16-19-7-3-2-4-8-19)25(30)27-23-10-6-5-9-22(23)26/h2-14,21H,15-17H2,1H3,(H,27,30). The highest BCUT2D eigenvalue weighted by Crippen LogP contribution is 2.20. The van der Waals surface area contributed by atoms with Gasteiger partial charge < -0.3 is 15.1 Å². The third-order valence-corrected chi connectivity index (χ3v) is 5.16. The fourth-order valence-electron chi connectivity index (χ4n) is 3.47. The van der Waals surface area contributed by atoms with Crippen molar-refractivity contribution in [3.63, 3.8) is 0 Å². The number of urea groups is 1. The zero-order valence-corrected chi connectivity index (χ0v) is 17.3. The second-order valence-electron chi connectivity index (χ2n) is 7.61. The molecule has 0 bridgehead atoms. The molecule has 0 spiro atoms. The Morgan fingerprint density at radius 1 is 1.06 bits per heavy atom. The van der Waals surface area contributed by atoms with Gasteiger partial charge in [-0.25, -0.2) is 9.18 Å². The van der Waals surface area contributed by atoms with Crippen LogP contribution >= 0.6 is 0 Å². The summed E-state index contributed by atoms with van der Waals surface area (Å²) >= 11 is 0. The van der Waals surface area contributed by atoms with Crippen LogP contribution in [0.4, 0.5) is 14.9 Å². The van der Waals surface area contributed by atoms with Crippen molar-refractivity contribution in [3.8, 4) is 0 Å². The van der Waals surface area contributed by atoms with Gasteiger partial charge in [-0.3, -0.25) is 0 Å². The molecule has 1 aliphatic heterocycles. The SMILES string of the molecule is Cc1ccc(C2=NOC(CN(Cc3ccccc3)C(=O)Nc3ccccc3F)C2)cc1. The van der Waals surface area contributed by atoms with Crippen LogP contribution in [0.2, 0.25) is 0 Å². The molecule has 6 heteroatoms. The highest BCUT2D eigenvalue weighted by atomic mass is 19.1. The van der Waals surface area contributed by atoms with Gasteiger partial charge in [-0.1, -0.05) is 77.4 Å². The summed E-state index contributed by atoms with van der Waals surface area (Å²) in [6, 6.07) is 23.5. The molecule has 0 aliphatic carbocycles. The van der Waals surface area contributed by atoms with E-state index in [0.29, 0.717) is 19.5 Å². The maximum Gasteiger partial charge on any atom is 0.322 e. The third-order valence-electron chi connectivity index (χ3n) is 5.16. The number of nitrogens with zero attached hydrogens (tertiary/aromatic N) is 2. The van der Waals surface area contributed by atoms with Gasteiger partial charge in [0, 0.05) is 13.0 Å². The number of para-hydroxylation sites is 1. The largest absolute Gasteiger partial charge is 0.390 e. The number of benzene rings is 3. The highest BCUT2D eigenvalue weighted by molar-refractivity contribution is 6.01. The minimum atomic E-state index is -0.474. The first-order valence-corrected chi connectivity index (χ1v) is 10.2. The van der Waals surface area contributed by atoms with E-state index in [1.54, 1.807) is 23.1 Å². The van der Waals surface area contributed by atoms with E-state index in [0.717, 1.165) is 16.8 Å². The van der Waals surface area contributed by atoms with Gasteiger partial charge in [0.25, 0.3) is 0 Å². The molecule has 1 aliphatic rings. The molecule has 5 nitrogen and oxygen atoms in total. The number of carbonyl (C=O) groups excluding carboxylic acids is 1. The van der Waals surface area contributed by atoms with Gasteiger partial charge in [0.1, 0.15) is 5.82 Å². The van der Waals surface area contributed by atoms with E-state index in [1.807, 2.05) is 61.5 Å². The molecular formula is C25H24FN3O2. The monoisotopic (exact) mass is 417 g/mol. The Kier molecular flexibility index (Phi) is 6.26. The van der Waals surface area contributed by atoms with Crippen LogP contribution in [0.25, 0.3) is 0 Å². The number of halogens is 1. The second-order valence-corrected chi connectivity index (χ2v) is 7.61. The molecule has 4 rings (SSSR count). The summed E-state index contributed by atoms with van der Waals surface area (Å²) < 4.78 is 14.0. The maximum absolute atomic E-state index is 14.0. The van der Waals surface area contributed by atoms with Gasteiger partial charge in [0.05, 0.1) is 17.9 Å². The molecule has 1 heterocycles. The lowest BCUT2D eigenvalue weighted by Gasteiger charge is -2.25. The molecule has 3 aromatic carbocycles. The molecule has 2 amide bonds. The Hall–Kier alpha value is -3.67. The Bertz CT molecular complexity index is 1070. The van der Waals surface area contributed by atoms with Crippen molar-refractivity contribution in [1.82, 2.24) is 4.90 Å². The van der Waals surface area contributed by atoms with E-state index >= 15 is 0 Å². The van der Waals surface area contributed by atoms with Crippen LogP contribution in [0.1, 0.15) is 23.1 Å². The third kappa shape index (κ3) is 5.28. The zero-order valence-electron chi connectivity index (χ0n) is 17.3. The first-order valence-electron chi connectivity index (χ1n) is 10.2. The number of aryl methyl sites for hydroxylation is 1. The highest BCUT2D eigenvalue weighted by Gasteiger charge is 2.27. The van der Waals surface area contributed by atoms with E-state index in [-0.39, 0.29) is 17.8 Å². The van der Waals surface area contributed by atoms with Gasteiger partial charge in [-0.2, -0.15) is 0 Å². The van der Waals surface area contributed by atoms with E-state index in [9.17, 15) is 9.18 Å². The number of amides is 2. The molecule has 1 atom stereocenters. The van der Waals surface area contributed by atoms with Crippen molar-refractivity contribution in [2.75, 3.05) is 11.9 Å². The molecule has 158 valence electrons. The molecular weight excluding hydrogens is 393 g/mol. The number of oxime groups is 1. The molecule has 31 heavy (non-hydrogen) atoms. The molecule has 1 N–H and O–H groups in total. The van der Waals surface area contributed by atoms with Gasteiger partial charge in [0.15, 0.2) is 6.10 Å². The van der Waals surface area contributed by atoms with Crippen molar-refractivity contribution < 1.29 is 14.0 Å². The minimum absolute atomic E-state index is 0.148. The van der Waals surface area contributed by atoms with Gasteiger partial charge >= 0.3 is 6.03 Å². The van der Waals surface area contributed by atoms with Crippen LogP contribution in [0.3, 0.4) is 0 Å². The number of anilines is 1. The summed E-state index contributed by atoms with van der Waals surface area (Å²) in [5.41, 5.74) is 4.18. The lowest BCUT2D eigenvalue weighted by Crippen LogP contribution is -2.40. The van der Waals surface area contributed by atoms with Crippen molar-refractivity contribution >= 4 is 17.4 Å². The number of hydrogen-bond donors (Lipinski definition) is 1. The quantitative estimate of drug-likeness (QED) is 0.587. The number of nitrogens with one attached hydrogen (secondary N) is 1.